The Morgan fingerprint density at radius 3 is 0.276 bits per heavy atom. The van der Waals surface area contributed by atoms with Crippen molar-refractivity contribution in [2.24, 2.45) is 0 Å². The van der Waals surface area contributed by atoms with Gasteiger partial charge in [0.15, 0.2) is 0 Å². The fraction of sp³-hybridized carbons (Fsp3) is 0. The van der Waals surface area contributed by atoms with E-state index < -0.39 is 138 Å². The van der Waals surface area contributed by atoms with E-state index in [9.17, 15) is 119 Å². The molecule has 0 amide bonds. The van der Waals surface area contributed by atoms with Crippen molar-refractivity contribution in [2.75, 3.05) is 0 Å². The summed E-state index contributed by atoms with van der Waals surface area (Å²) in [6.07, 6.45) is 0. The van der Waals surface area contributed by atoms with Crippen molar-refractivity contribution in [2.45, 2.75) is 0 Å². The summed E-state index contributed by atoms with van der Waals surface area (Å²) in [7, 11) is 0. The molecule has 0 unspecified atom stereocenters. The first-order valence-corrected chi connectivity index (χ1v) is 12.9. The summed E-state index contributed by atoms with van der Waals surface area (Å²) in [6, 6.07) is 1.84. The molecule has 282 valence electrons. The van der Waals surface area contributed by atoms with Crippen LogP contribution in [0.4, 0.5) is 0 Å². The van der Waals surface area contributed by atoms with Gasteiger partial charge < -0.3 is 119 Å². The van der Waals surface area contributed by atoms with E-state index in [1.807, 2.05) is 0 Å². The largest absolute Gasteiger partial charge is 3.00 e. The fourth-order valence-corrected chi connectivity index (χ4v) is 3.83. The molecule has 0 saturated heterocycles. The minimum atomic E-state index is -2.00. The van der Waals surface area contributed by atoms with Gasteiger partial charge in [0.2, 0.25) is 0 Å². The molecule has 0 N–H and O–H groups in total. The van der Waals surface area contributed by atoms with Gasteiger partial charge in [-0.2, -0.15) is 0 Å². The molecule has 0 fully saturated rings. The van der Waals surface area contributed by atoms with Crippen LogP contribution in [-0.4, -0.2) is 141 Å². The van der Waals surface area contributed by atoms with Crippen LogP contribution >= 0.6 is 0 Å². The third-order valence-corrected chi connectivity index (χ3v) is 6.11. The van der Waals surface area contributed by atoms with Crippen molar-refractivity contribution in [3.05, 3.63) is 103 Å². The van der Waals surface area contributed by atoms with E-state index in [-0.39, 0.29) is 69.4 Å². The van der Waals surface area contributed by atoms with Gasteiger partial charge in [-0.3, -0.25) is 0 Å². The van der Waals surface area contributed by atoms with Gasteiger partial charge in [0.05, 0.1) is 71.6 Å². The maximum Gasteiger partial charge on any atom is 3.00 e. The zero-order valence-electron chi connectivity index (χ0n) is 27.6. The molecule has 0 bridgehead atoms. The van der Waals surface area contributed by atoms with Gasteiger partial charge in [-0.1, -0.05) is 0 Å². The minimum Gasteiger partial charge on any atom is -0.545 e. The summed E-state index contributed by atoms with van der Waals surface area (Å²) < 4.78 is 0. The van der Waals surface area contributed by atoms with E-state index in [4.69, 9.17) is 0 Å². The molecule has 0 atom stereocenters. The van der Waals surface area contributed by atoms with Gasteiger partial charge >= 0.3 is 69.4 Å². The molecule has 24 nitrogen and oxygen atoms in total. The fourth-order valence-electron chi connectivity index (χ4n) is 3.83. The number of hydrogen-bond acceptors (Lipinski definition) is 24. The molecule has 0 aliphatic carbocycles. The van der Waals surface area contributed by atoms with Gasteiger partial charge in [-0.15, -0.1) is 0 Å². The monoisotopic (exact) mass is 858 g/mol. The van der Waals surface area contributed by atoms with Gasteiger partial charge in [-0.05, 0) is 36.4 Å². The molecule has 0 aliphatic heterocycles. The van der Waals surface area contributed by atoms with E-state index in [1.54, 1.807) is 0 Å². The van der Waals surface area contributed by atoms with Crippen LogP contribution in [0.5, 0.6) is 0 Å². The molecule has 3 aromatic carbocycles. The quantitative estimate of drug-likeness (QED) is 0.153. The molecule has 58 heavy (non-hydrogen) atoms. The number of hydrogen-bond donors (Lipinski definition) is 0. The second-order valence-corrected chi connectivity index (χ2v) is 9.28. The number of carboxylic acids is 12. The molecule has 0 saturated carbocycles. The van der Waals surface area contributed by atoms with Crippen molar-refractivity contribution in [3.63, 3.8) is 0 Å². The third kappa shape index (κ3) is 14.5. The predicted octanol–water partition coefficient (Wildman–Crippen LogP) is -16.1. The second kappa shape index (κ2) is 24.1. The van der Waals surface area contributed by atoms with Crippen LogP contribution in [0.25, 0.3) is 0 Å². The molecule has 28 heteroatoms. The average Bonchev–Trinajstić information content (AvgIpc) is 3.06. The van der Waals surface area contributed by atoms with Gasteiger partial charge in [0.1, 0.15) is 0 Å². The van der Waals surface area contributed by atoms with Gasteiger partial charge in [0, 0.05) is 66.8 Å². The van der Waals surface area contributed by atoms with Crippen molar-refractivity contribution >= 4 is 141 Å². The first-order chi connectivity index (χ1) is 24.8. The Hall–Kier alpha value is -6.57. The Bertz CT molecular complexity index is 1690. The SMILES string of the molecule is O=C([O-])c1cc(C(=O)[O-])c(C(=O)[O-])cc1C(=O)[O-].O=C([O-])c1cc(C(=O)[O-])c(C(=O)[O-])cc1C(=O)[O-].O=C([O-])c1cc(C(=O)[O-])c(C(=O)[O-])cc1C(=O)[O-].[Al+3].[Al+3].[Al+3].[Al+3]. The number of aromatic carboxylic acids is 12. The summed E-state index contributed by atoms with van der Waals surface area (Å²) in [5.74, 6) is -24.0. The summed E-state index contributed by atoms with van der Waals surface area (Å²) >= 11 is 0. The Balaban J connectivity index is -0.000000364. The predicted molar refractivity (Wildman–Crippen MR) is 154 cm³/mol. The van der Waals surface area contributed by atoms with Crippen molar-refractivity contribution in [3.8, 4) is 0 Å². The summed E-state index contributed by atoms with van der Waals surface area (Å²) in [6.45, 7) is 0. The summed E-state index contributed by atoms with van der Waals surface area (Å²) in [5.41, 5.74) is -12.3. The van der Waals surface area contributed by atoms with Crippen LogP contribution in [0.3, 0.4) is 0 Å². The number of carboxylic acid groups (broad SMARTS) is 12. The molecular weight excluding hydrogens is 852 g/mol. The topological polar surface area (TPSA) is 482 Å². The van der Waals surface area contributed by atoms with Crippen molar-refractivity contribution < 1.29 is 119 Å². The zero-order valence-corrected chi connectivity index (χ0v) is 32.2. The molecule has 0 spiro atoms. The third-order valence-electron chi connectivity index (χ3n) is 6.11. The molecule has 3 rings (SSSR count). The Kier molecular flexibility index (Phi) is 24.2. The van der Waals surface area contributed by atoms with Crippen LogP contribution in [0.1, 0.15) is 124 Å². The van der Waals surface area contributed by atoms with Gasteiger partial charge in [0.25, 0.3) is 0 Å². The van der Waals surface area contributed by atoms with Crippen LogP contribution in [0.15, 0.2) is 36.4 Å². The maximum absolute atomic E-state index is 10.6. The molecular formula is C30H6Al4O24. The summed E-state index contributed by atoms with van der Waals surface area (Å²) in [5, 5.41) is 127. The molecule has 0 aliphatic rings. The summed E-state index contributed by atoms with van der Waals surface area (Å²) in [4.78, 5) is 127. The number of carbonyl (C=O) groups excluding carboxylic acids is 12. The van der Waals surface area contributed by atoms with Crippen LogP contribution in [0, 0.1) is 0 Å². The van der Waals surface area contributed by atoms with Gasteiger partial charge in [-0.25, -0.2) is 0 Å². The Morgan fingerprint density at radius 2 is 0.241 bits per heavy atom. The molecule has 3 aromatic rings. The molecule has 0 radical (unpaired) electrons. The zero-order chi connectivity index (χ0) is 42.1. The number of benzene rings is 3. The van der Waals surface area contributed by atoms with Crippen molar-refractivity contribution in [1.29, 1.82) is 0 Å². The van der Waals surface area contributed by atoms with E-state index >= 15 is 0 Å². The van der Waals surface area contributed by atoms with E-state index in [2.05, 4.69) is 0 Å². The maximum atomic E-state index is 10.6. The average molecular weight is 858 g/mol. The second-order valence-electron chi connectivity index (χ2n) is 9.28. The smallest absolute Gasteiger partial charge is 0.545 e. The van der Waals surface area contributed by atoms with Crippen LogP contribution in [-0.2, 0) is 0 Å². The Labute approximate surface area is 361 Å². The molecule has 0 heterocycles. The number of carbonyl (C=O) groups is 12. The minimum absolute atomic E-state index is 0. The standard InChI is InChI=1S/3C10H6O8.4Al/c3*11-7(12)3-1-4(8(13)14)6(10(17)18)2-5(3)9(15)16;;;;/h3*1-2H,(H,11,12)(H,13,14)(H,15,16)(H,17,18);;;;/q;;;4*+3/p-12. The van der Waals surface area contributed by atoms with E-state index in [1.165, 1.54) is 0 Å². The van der Waals surface area contributed by atoms with E-state index in [0.717, 1.165) is 0 Å². The van der Waals surface area contributed by atoms with Crippen LogP contribution in [0.2, 0.25) is 0 Å². The van der Waals surface area contributed by atoms with Crippen LogP contribution < -0.4 is 61.3 Å². The first-order valence-electron chi connectivity index (χ1n) is 12.9. The first kappa shape index (κ1) is 58.1. The molecule has 0 aromatic heterocycles. The Morgan fingerprint density at radius 1 is 0.190 bits per heavy atom. The van der Waals surface area contributed by atoms with Crippen molar-refractivity contribution in [1.82, 2.24) is 0 Å². The number of rotatable bonds is 12. The normalized spacial score (nSPS) is 9.10. The van der Waals surface area contributed by atoms with E-state index in [0.29, 0.717) is 36.4 Å².